The molecule has 1 amide bonds. The van der Waals surface area contributed by atoms with Crippen LogP contribution >= 0.6 is 15.9 Å². The fraction of sp³-hybridized carbons (Fsp3) is 0.280. The third-order valence-corrected chi connectivity index (χ3v) is 6.35. The van der Waals surface area contributed by atoms with Gasteiger partial charge >= 0.3 is 0 Å². The Morgan fingerprint density at radius 2 is 1.72 bits per heavy atom. The number of alkyl halides is 1. The number of amides is 1. The first kappa shape index (κ1) is 22.3. The Morgan fingerprint density at radius 1 is 1.03 bits per heavy atom. The summed E-state index contributed by atoms with van der Waals surface area (Å²) in [7, 11) is 3.21. The third kappa shape index (κ3) is 4.35. The normalized spacial score (nSPS) is 13.2. The van der Waals surface area contributed by atoms with Gasteiger partial charge in [0.05, 0.1) is 26.1 Å². The number of carbonyl (C=O) groups excluding carboxylic acids is 1. The predicted molar refractivity (Wildman–Crippen MR) is 125 cm³/mol. The molecule has 0 N–H and O–H groups in total. The second kappa shape index (κ2) is 9.28. The molecule has 0 saturated carbocycles. The summed E-state index contributed by atoms with van der Waals surface area (Å²) in [5.41, 5.74) is 5.89. The van der Waals surface area contributed by atoms with Crippen molar-refractivity contribution in [2.45, 2.75) is 25.2 Å². The first-order valence-electron chi connectivity index (χ1n) is 10.3. The first-order chi connectivity index (χ1) is 15.4. The van der Waals surface area contributed by atoms with E-state index in [1.807, 2.05) is 42.2 Å². The summed E-state index contributed by atoms with van der Waals surface area (Å²) < 4.78 is 24.4. The number of hydrogen-bond donors (Lipinski definition) is 0. The minimum atomic E-state index is -0.368. The Morgan fingerprint density at radius 3 is 2.34 bits per heavy atom. The fourth-order valence-electron chi connectivity index (χ4n) is 4.15. The van der Waals surface area contributed by atoms with Crippen LogP contribution in [0.4, 0.5) is 4.39 Å². The number of aromatic nitrogens is 1. The molecule has 32 heavy (non-hydrogen) atoms. The molecular weight excluding hydrogens is 475 g/mol. The van der Waals surface area contributed by atoms with Gasteiger partial charge in [0.1, 0.15) is 17.3 Å². The van der Waals surface area contributed by atoms with Crippen molar-refractivity contribution in [2.75, 3.05) is 20.8 Å². The lowest BCUT2D eigenvalue weighted by molar-refractivity contribution is 0.0727. The smallest absolute Gasteiger partial charge is 0.254 e. The van der Waals surface area contributed by atoms with Gasteiger partial charge in [0.25, 0.3) is 5.91 Å². The van der Waals surface area contributed by atoms with Crippen LogP contribution in [-0.4, -0.2) is 36.6 Å². The van der Waals surface area contributed by atoms with Crippen LogP contribution in [0.5, 0.6) is 11.5 Å². The zero-order valence-electron chi connectivity index (χ0n) is 18.2. The van der Waals surface area contributed by atoms with Gasteiger partial charge in [0, 0.05) is 35.6 Å². The number of fused-ring (bicyclic) bond motifs is 1. The number of pyridine rings is 1. The van der Waals surface area contributed by atoms with Crippen LogP contribution in [0.2, 0.25) is 0 Å². The molecule has 7 heteroatoms. The van der Waals surface area contributed by atoms with Crippen molar-refractivity contribution in [2.24, 2.45) is 0 Å². The molecule has 166 valence electrons. The summed E-state index contributed by atoms with van der Waals surface area (Å²) in [6, 6.07) is 11.1. The number of carbonyl (C=O) groups is 1. The Kier molecular flexibility index (Phi) is 6.46. The van der Waals surface area contributed by atoms with Gasteiger partial charge in [-0.05, 0) is 65.9 Å². The number of rotatable bonds is 6. The highest BCUT2D eigenvalue weighted by atomic mass is 79.9. The molecule has 3 aromatic rings. The van der Waals surface area contributed by atoms with Gasteiger partial charge in [-0.3, -0.25) is 9.78 Å². The molecule has 5 nitrogen and oxygen atoms in total. The number of hydrogen-bond acceptors (Lipinski definition) is 4. The summed E-state index contributed by atoms with van der Waals surface area (Å²) in [6.45, 7) is 2.87. The average Bonchev–Trinajstić information content (AvgIpc) is 2.80. The van der Waals surface area contributed by atoms with Gasteiger partial charge in [0.15, 0.2) is 0 Å². The Bertz CT molecular complexity index is 1160. The number of aryl methyl sites for hydroxylation is 1. The quantitative estimate of drug-likeness (QED) is 0.432. The molecule has 0 radical (unpaired) electrons. The van der Waals surface area contributed by atoms with Crippen molar-refractivity contribution < 1.29 is 18.7 Å². The molecule has 0 bridgehead atoms. The Hall–Kier alpha value is -2.93. The molecular formula is C25H24BrFN2O3. The summed E-state index contributed by atoms with van der Waals surface area (Å²) in [4.78, 5) is 19.7. The fourth-order valence-corrected chi connectivity index (χ4v) is 4.47. The number of benzene rings is 2. The molecule has 1 aliphatic heterocycles. The van der Waals surface area contributed by atoms with E-state index in [1.165, 1.54) is 12.3 Å². The second-order valence-electron chi connectivity index (χ2n) is 7.82. The molecule has 0 atom stereocenters. The van der Waals surface area contributed by atoms with E-state index < -0.39 is 0 Å². The molecule has 0 aliphatic carbocycles. The topological polar surface area (TPSA) is 51.7 Å². The monoisotopic (exact) mass is 498 g/mol. The van der Waals surface area contributed by atoms with E-state index >= 15 is 0 Å². The molecule has 0 fully saturated rings. The highest BCUT2D eigenvalue weighted by Crippen LogP contribution is 2.34. The van der Waals surface area contributed by atoms with Crippen molar-refractivity contribution in [1.82, 2.24) is 9.88 Å². The van der Waals surface area contributed by atoms with E-state index in [1.54, 1.807) is 14.2 Å². The highest BCUT2D eigenvalue weighted by Gasteiger charge is 2.28. The minimum Gasteiger partial charge on any atom is -0.497 e. The predicted octanol–water partition coefficient (Wildman–Crippen LogP) is 5.31. The van der Waals surface area contributed by atoms with Crippen LogP contribution in [0.25, 0.3) is 11.3 Å². The zero-order valence-corrected chi connectivity index (χ0v) is 19.8. The molecule has 2 heterocycles. The van der Waals surface area contributed by atoms with E-state index in [-0.39, 0.29) is 11.7 Å². The number of nitrogens with zero attached hydrogens (tertiary/aromatic N) is 2. The van der Waals surface area contributed by atoms with Crippen molar-refractivity contribution >= 4 is 21.8 Å². The van der Waals surface area contributed by atoms with Crippen molar-refractivity contribution in [3.63, 3.8) is 0 Å². The average molecular weight is 499 g/mol. The molecule has 4 rings (SSSR count). The van der Waals surface area contributed by atoms with Crippen molar-refractivity contribution in [1.29, 1.82) is 0 Å². The standard InChI is InChI=1S/C25H24BrFN2O3/c1-15-6-18(27)13-28-24(15)22-9-16(12-26)10-23-21(22)4-5-29(25(23)30)14-17-7-19(31-2)11-20(8-17)32-3/h6-11,13H,4-5,12,14H2,1-3H3. The van der Waals surface area contributed by atoms with E-state index in [9.17, 15) is 9.18 Å². The number of methoxy groups -OCH3 is 2. The van der Waals surface area contributed by atoms with E-state index in [0.717, 1.165) is 27.8 Å². The van der Waals surface area contributed by atoms with Gasteiger partial charge in [-0.25, -0.2) is 4.39 Å². The summed E-state index contributed by atoms with van der Waals surface area (Å²) in [5.74, 6) is 0.974. The molecule has 1 aromatic heterocycles. The molecule has 0 unspecified atom stereocenters. The van der Waals surface area contributed by atoms with Crippen LogP contribution in [-0.2, 0) is 18.3 Å². The van der Waals surface area contributed by atoms with Gasteiger partial charge in [-0.1, -0.05) is 15.9 Å². The van der Waals surface area contributed by atoms with E-state index in [4.69, 9.17) is 9.47 Å². The summed E-state index contributed by atoms with van der Waals surface area (Å²) in [6.07, 6.45) is 1.92. The van der Waals surface area contributed by atoms with Crippen LogP contribution in [0.15, 0.2) is 42.6 Å². The zero-order chi connectivity index (χ0) is 22.8. The van der Waals surface area contributed by atoms with E-state index in [2.05, 4.69) is 20.9 Å². The molecule has 0 saturated heterocycles. The van der Waals surface area contributed by atoms with Gasteiger partial charge in [-0.15, -0.1) is 0 Å². The van der Waals surface area contributed by atoms with Crippen molar-refractivity contribution in [3.8, 4) is 22.8 Å². The largest absolute Gasteiger partial charge is 0.497 e. The third-order valence-electron chi connectivity index (χ3n) is 5.70. The van der Waals surface area contributed by atoms with Crippen LogP contribution in [0.1, 0.15) is 32.6 Å². The Labute approximate surface area is 195 Å². The van der Waals surface area contributed by atoms with Crippen molar-refractivity contribution in [3.05, 3.63) is 76.2 Å². The lowest BCUT2D eigenvalue weighted by atomic mass is 9.89. The first-order valence-corrected chi connectivity index (χ1v) is 11.4. The number of halogens is 2. The maximum absolute atomic E-state index is 13.6. The summed E-state index contributed by atoms with van der Waals surface area (Å²) in [5, 5.41) is 0.605. The molecule has 1 aliphatic rings. The minimum absolute atomic E-state index is 0.0307. The van der Waals surface area contributed by atoms with Gasteiger partial charge < -0.3 is 14.4 Å². The van der Waals surface area contributed by atoms with E-state index in [0.29, 0.717) is 47.6 Å². The van der Waals surface area contributed by atoms with Gasteiger partial charge in [-0.2, -0.15) is 0 Å². The molecule has 2 aromatic carbocycles. The highest BCUT2D eigenvalue weighted by molar-refractivity contribution is 9.08. The Balaban J connectivity index is 1.72. The lowest BCUT2D eigenvalue weighted by Crippen LogP contribution is -2.37. The number of ether oxygens (including phenoxy) is 2. The van der Waals surface area contributed by atoms with Crippen LogP contribution in [0, 0.1) is 12.7 Å². The van der Waals surface area contributed by atoms with Crippen LogP contribution < -0.4 is 9.47 Å². The maximum Gasteiger partial charge on any atom is 0.254 e. The second-order valence-corrected chi connectivity index (χ2v) is 8.38. The molecule has 0 spiro atoms. The van der Waals surface area contributed by atoms with Gasteiger partial charge in [0.2, 0.25) is 0 Å². The SMILES string of the molecule is COc1cc(CN2CCc3c(cc(CBr)cc3-c3ncc(F)cc3C)C2=O)cc(OC)c1. The lowest BCUT2D eigenvalue weighted by Gasteiger charge is -2.31. The maximum atomic E-state index is 13.6. The van der Waals surface area contributed by atoms with Crippen LogP contribution in [0.3, 0.4) is 0 Å². The summed E-state index contributed by atoms with van der Waals surface area (Å²) >= 11 is 3.51.